The molecule has 1 aliphatic carbocycles. The molecular formula is C18H30IN3O2. The van der Waals surface area contributed by atoms with Crippen molar-refractivity contribution >= 4 is 29.9 Å². The molecule has 0 amide bonds. The minimum Gasteiger partial charge on any atom is -0.497 e. The average molecular weight is 447 g/mol. The molecule has 0 radical (unpaired) electrons. The molecule has 1 aliphatic rings. The molecular weight excluding hydrogens is 417 g/mol. The maximum atomic E-state index is 5.48. The van der Waals surface area contributed by atoms with Gasteiger partial charge in [0, 0.05) is 33.4 Å². The highest BCUT2D eigenvalue weighted by atomic mass is 127. The van der Waals surface area contributed by atoms with E-state index in [9.17, 15) is 0 Å². The van der Waals surface area contributed by atoms with Crippen LogP contribution in [0.4, 0.5) is 0 Å². The summed E-state index contributed by atoms with van der Waals surface area (Å²) in [5.74, 6) is 1.73. The van der Waals surface area contributed by atoms with Crippen LogP contribution in [0.2, 0.25) is 0 Å². The third-order valence-electron chi connectivity index (χ3n) is 4.41. The lowest BCUT2D eigenvalue weighted by Crippen LogP contribution is -2.40. The van der Waals surface area contributed by atoms with Crippen molar-refractivity contribution < 1.29 is 9.47 Å². The maximum Gasteiger partial charge on any atom is 0.191 e. The van der Waals surface area contributed by atoms with Gasteiger partial charge in [-0.05, 0) is 49.3 Å². The molecule has 0 spiro atoms. The van der Waals surface area contributed by atoms with Crippen molar-refractivity contribution in [1.29, 1.82) is 0 Å². The second-order valence-electron chi connectivity index (χ2n) is 6.07. The molecule has 1 saturated carbocycles. The van der Waals surface area contributed by atoms with Crippen molar-refractivity contribution in [2.24, 2.45) is 10.4 Å². The predicted molar refractivity (Wildman–Crippen MR) is 109 cm³/mol. The van der Waals surface area contributed by atoms with Gasteiger partial charge in [0.25, 0.3) is 0 Å². The minimum atomic E-state index is 0. The zero-order valence-electron chi connectivity index (χ0n) is 14.9. The molecule has 6 heteroatoms. The number of nitrogens with one attached hydrogen (secondary N) is 2. The summed E-state index contributed by atoms with van der Waals surface area (Å²) in [4.78, 5) is 4.30. The van der Waals surface area contributed by atoms with Crippen molar-refractivity contribution in [1.82, 2.24) is 10.6 Å². The van der Waals surface area contributed by atoms with Crippen LogP contribution in [0.5, 0.6) is 5.75 Å². The summed E-state index contributed by atoms with van der Waals surface area (Å²) in [5.41, 5.74) is 1.61. The van der Waals surface area contributed by atoms with E-state index in [-0.39, 0.29) is 24.0 Å². The predicted octanol–water partition coefficient (Wildman–Crippen LogP) is 3.19. The molecule has 1 aromatic rings. The summed E-state index contributed by atoms with van der Waals surface area (Å²) in [7, 11) is 3.49. The van der Waals surface area contributed by atoms with Gasteiger partial charge in [0.2, 0.25) is 0 Å². The van der Waals surface area contributed by atoms with Gasteiger partial charge in [-0.25, -0.2) is 0 Å². The van der Waals surface area contributed by atoms with Gasteiger partial charge in [0.15, 0.2) is 5.96 Å². The Bertz CT molecular complexity index is 501. The van der Waals surface area contributed by atoms with E-state index >= 15 is 0 Å². The zero-order chi connectivity index (χ0) is 16.5. The number of benzene rings is 1. The zero-order valence-corrected chi connectivity index (χ0v) is 17.3. The molecule has 136 valence electrons. The molecule has 0 bridgehead atoms. The van der Waals surface area contributed by atoms with E-state index in [2.05, 4.69) is 27.8 Å². The van der Waals surface area contributed by atoms with Gasteiger partial charge in [-0.1, -0.05) is 12.1 Å². The SMILES string of the molecule is CCOCCC1(CNC(=NC)NCc2ccc(OC)cc2)CC1.I. The number of halogens is 1. The number of methoxy groups -OCH3 is 1. The summed E-state index contributed by atoms with van der Waals surface area (Å²) in [6.45, 7) is 5.41. The molecule has 5 nitrogen and oxygen atoms in total. The normalized spacial score (nSPS) is 15.4. The first-order valence-electron chi connectivity index (χ1n) is 8.36. The highest BCUT2D eigenvalue weighted by molar-refractivity contribution is 14.0. The molecule has 2 N–H and O–H groups in total. The summed E-state index contributed by atoms with van der Waals surface area (Å²) in [5, 5.41) is 6.81. The van der Waals surface area contributed by atoms with Gasteiger partial charge >= 0.3 is 0 Å². The van der Waals surface area contributed by atoms with Crippen molar-refractivity contribution in [2.45, 2.75) is 32.7 Å². The number of nitrogens with zero attached hydrogens (tertiary/aromatic N) is 1. The number of guanidine groups is 1. The van der Waals surface area contributed by atoms with E-state index in [0.29, 0.717) is 5.41 Å². The van der Waals surface area contributed by atoms with Crippen LogP contribution in [0.3, 0.4) is 0 Å². The van der Waals surface area contributed by atoms with Crippen molar-refractivity contribution in [3.63, 3.8) is 0 Å². The quantitative estimate of drug-likeness (QED) is 0.264. The van der Waals surface area contributed by atoms with E-state index in [0.717, 1.165) is 44.4 Å². The highest BCUT2D eigenvalue weighted by Crippen LogP contribution is 2.48. The molecule has 24 heavy (non-hydrogen) atoms. The third kappa shape index (κ3) is 6.84. The Morgan fingerprint density at radius 2 is 1.92 bits per heavy atom. The fourth-order valence-electron chi connectivity index (χ4n) is 2.55. The first kappa shape index (κ1) is 21.0. The van der Waals surface area contributed by atoms with Crippen molar-refractivity contribution in [3.05, 3.63) is 29.8 Å². The number of ether oxygens (including phenoxy) is 2. The standard InChI is InChI=1S/C18H29N3O2.HI/c1-4-23-12-11-18(9-10-18)14-21-17(19-2)20-13-15-5-7-16(22-3)8-6-15;/h5-8H,4,9-14H2,1-3H3,(H2,19,20,21);1H. The Morgan fingerprint density at radius 1 is 1.21 bits per heavy atom. The van der Waals surface area contributed by atoms with Gasteiger partial charge in [-0.2, -0.15) is 0 Å². The molecule has 0 saturated heterocycles. The number of rotatable bonds is 9. The molecule has 0 aromatic heterocycles. The molecule has 0 aliphatic heterocycles. The maximum absolute atomic E-state index is 5.48. The van der Waals surface area contributed by atoms with Gasteiger partial charge < -0.3 is 20.1 Å². The monoisotopic (exact) mass is 447 g/mol. The summed E-state index contributed by atoms with van der Waals surface area (Å²) < 4.78 is 10.7. The number of hydrogen-bond donors (Lipinski definition) is 2. The topological polar surface area (TPSA) is 54.9 Å². The minimum absolute atomic E-state index is 0. The van der Waals surface area contributed by atoms with Crippen molar-refractivity contribution in [3.8, 4) is 5.75 Å². The average Bonchev–Trinajstić information content (AvgIpc) is 3.36. The Hall–Kier alpha value is -1.02. The summed E-state index contributed by atoms with van der Waals surface area (Å²) in [6.07, 6.45) is 3.69. The van der Waals surface area contributed by atoms with Crippen LogP contribution >= 0.6 is 24.0 Å². The molecule has 1 fully saturated rings. The van der Waals surface area contributed by atoms with Crippen LogP contribution < -0.4 is 15.4 Å². The van der Waals surface area contributed by atoms with Crippen LogP contribution in [-0.4, -0.2) is 39.9 Å². The van der Waals surface area contributed by atoms with Crippen LogP contribution in [0.1, 0.15) is 31.7 Å². The lowest BCUT2D eigenvalue weighted by atomic mass is 10.0. The summed E-state index contributed by atoms with van der Waals surface area (Å²) >= 11 is 0. The summed E-state index contributed by atoms with van der Waals surface area (Å²) in [6, 6.07) is 8.06. The van der Waals surface area contributed by atoms with Gasteiger partial charge in [0.1, 0.15) is 5.75 Å². The Morgan fingerprint density at radius 3 is 2.46 bits per heavy atom. The van der Waals surface area contributed by atoms with Crippen molar-refractivity contribution in [2.75, 3.05) is 33.9 Å². The lowest BCUT2D eigenvalue weighted by molar-refractivity contribution is 0.128. The second kappa shape index (κ2) is 10.8. The molecule has 0 heterocycles. The fraction of sp³-hybridized carbons (Fsp3) is 0.611. The van der Waals surface area contributed by atoms with E-state index in [1.807, 2.05) is 26.1 Å². The number of hydrogen-bond acceptors (Lipinski definition) is 3. The van der Waals surface area contributed by atoms with E-state index < -0.39 is 0 Å². The van der Waals surface area contributed by atoms with E-state index in [1.165, 1.54) is 18.4 Å². The molecule has 0 atom stereocenters. The number of aliphatic imine (C=N–C) groups is 1. The molecule has 2 rings (SSSR count). The van der Waals surface area contributed by atoms with Gasteiger partial charge in [-0.15, -0.1) is 24.0 Å². The van der Waals surface area contributed by atoms with E-state index in [1.54, 1.807) is 7.11 Å². The second-order valence-corrected chi connectivity index (χ2v) is 6.07. The first-order chi connectivity index (χ1) is 11.2. The molecule has 1 aromatic carbocycles. The van der Waals surface area contributed by atoms with Gasteiger partial charge in [-0.3, -0.25) is 4.99 Å². The van der Waals surface area contributed by atoms with Crippen LogP contribution in [0.25, 0.3) is 0 Å². The Labute approximate surface area is 162 Å². The first-order valence-corrected chi connectivity index (χ1v) is 8.36. The van der Waals surface area contributed by atoms with Crippen LogP contribution in [0, 0.1) is 5.41 Å². The smallest absolute Gasteiger partial charge is 0.191 e. The lowest BCUT2D eigenvalue weighted by Gasteiger charge is -2.18. The van der Waals surface area contributed by atoms with E-state index in [4.69, 9.17) is 9.47 Å². The largest absolute Gasteiger partial charge is 0.497 e. The Balaban J connectivity index is 0.00000288. The third-order valence-corrected chi connectivity index (χ3v) is 4.41. The van der Waals surface area contributed by atoms with Gasteiger partial charge in [0.05, 0.1) is 7.11 Å². The van der Waals surface area contributed by atoms with Crippen LogP contribution in [-0.2, 0) is 11.3 Å². The fourth-order valence-corrected chi connectivity index (χ4v) is 2.55. The van der Waals surface area contributed by atoms with Crippen LogP contribution in [0.15, 0.2) is 29.3 Å². The molecule has 0 unspecified atom stereocenters. The Kier molecular flexibility index (Phi) is 9.43. The highest BCUT2D eigenvalue weighted by Gasteiger charge is 2.41.